The molecule has 5 amide bonds. The van der Waals surface area contributed by atoms with Gasteiger partial charge < -0.3 is 24.8 Å². The molecule has 1 unspecified atom stereocenters. The Hall–Kier alpha value is -6.76. The zero-order chi connectivity index (χ0) is 54.4. The Morgan fingerprint density at radius 2 is 1.58 bits per heavy atom. The number of imide groups is 2. The maximum Gasteiger partial charge on any atom is 0.274 e. The molecule has 7 aliphatic rings. The minimum atomic E-state index is -0.988. The fourth-order valence-corrected chi connectivity index (χ4v) is 15.6. The lowest BCUT2D eigenvalue weighted by Gasteiger charge is -2.55. The molecule has 3 saturated heterocycles. The van der Waals surface area contributed by atoms with Gasteiger partial charge in [0, 0.05) is 98.4 Å². The number of hydrogen-bond donors (Lipinski definition) is 3. The number of pyridine rings is 3. The Bertz CT molecular complexity index is 3320. The number of rotatable bonds is 9. The number of nitrogens with zero attached hydrogens (tertiary/aromatic N) is 8. The predicted octanol–water partition coefficient (Wildman–Crippen LogP) is 7.78. The van der Waals surface area contributed by atoms with Crippen LogP contribution in [0.3, 0.4) is 0 Å². The van der Waals surface area contributed by atoms with Crippen LogP contribution in [-0.4, -0.2) is 116 Å². The van der Waals surface area contributed by atoms with Crippen molar-refractivity contribution in [3.05, 3.63) is 109 Å². The van der Waals surface area contributed by atoms with Crippen molar-refractivity contribution >= 4 is 69.6 Å². The van der Waals surface area contributed by atoms with Crippen molar-refractivity contribution in [2.45, 2.75) is 142 Å². The highest BCUT2D eigenvalue weighted by atomic mass is 32.1. The fraction of sp³-hybridized carbons (Fsp3) is 0.500. The predicted molar refractivity (Wildman–Crippen MR) is 301 cm³/mol. The van der Waals surface area contributed by atoms with E-state index in [9.17, 15) is 33.9 Å². The Labute approximate surface area is 459 Å². The first-order chi connectivity index (χ1) is 37.5. The average molecular weight is 1080 g/mol. The molecular weight excluding hydrogens is 1000 g/mol. The Morgan fingerprint density at radius 1 is 0.795 bits per heavy atom. The van der Waals surface area contributed by atoms with Gasteiger partial charge in [-0.15, -0.1) is 11.3 Å². The molecule has 12 rings (SSSR count). The van der Waals surface area contributed by atoms with Crippen LogP contribution in [-0.2, 0) is 42.5 Å². The first-order valence-corrected chi connectivity index (χ1v) is 28.9. The third-order valence-corrected chi connectivity index (χ3v) is 19.7. The van der Waals surface area contributed by atoms with E-state index in [1.807, 2.05) is 24.4 Å². The number of aliphatic hydroxyl groups is 1. The van der Waals surface area contributed by atoms with Gasteiger partial charge >= 0.3 is 0 Å². The summed E-state index contributed by atoms with van der Waals surface area (Å²) in [6, 6.07) is 13.1. The molecule has 5 aliphatic heterocycles. The number of benzene rings is 1. The minimum absolute atomic E-state index is 0.00613. The summed E-state index contributed by atoms with van der Waals surface area (Å²) in [5, 5.41) is 16.5. The van der Waals surface area contributed by atoms with Gasteiger partial charge in [0.2, 0.25) is 11.8 Å². The third-order valence-electron chi connectivity index (χ3n) is 18.4. The lowest BCUT2D eigenvalue weighted by molar-refractivity contribution is -0.136. The number of aliphatic hydroxyl groups excluding tert-OH is 1. The quantitative estimate of drug-likeness (QED) is 0.121. The van der Waals surface area contributed by atoms with Crippen molar-refractivity contribution in [1.82, 2.24) is 29.7 Å². The van der Waals surface area contributed by atoms with Crippen LogP contribution in [0.4, 0.5) is 28.7 Å². The molecule has 408 valence electrons. The van der Waals surface area contributed by atoms with Crippen LogP contribution in [0.25, 0.3) is 11.1 Å². The Kier molecular flexibility index (Phi) is 13.4. The van der Waals surface area contributed by atoms with Gasteiger partial charge in [0.25, 0.3) is 23.3 Å². The molecule has 4 aromatic heterocycles. The average Bonchev–Trinajstić information content (AvgIpc) is 4.13. The highest BCUT2D eigenvalue weighted by Crippen LogP contribution is 2.51. The topological polar surface area (TPSA) is 194 Å². The highest BCUT2D eigenvalue weighted by Gasteiger charge is 2.48. The van der Waals surface area contributed by atoms with Gasteiger partial charge in [-0.25, -0.2) is 9.97 Å². The molecular formula is C60H70N10O7S. The maximum absolute atomic E-state index is 14.1. The van der Waals surface area contributed by atoms with E-state index in [2.05, 4.69) is 64.1 Å². The van der Waals surface area contributed by atoms with Gasteiger partial charge in [-0.05, 0) is 154 Å². The summed E-state index contributed by atoms with van der Waals surface area (Å²) >= 11 is 1.63. The number of carbonyl (C=O) groups is 5. The van der Waals surface area contributed by atoms with Crippen molar-refractivity contribution in [1.29, 1.82) is 0 Å². The molecule has 78 heavy (non-hydrogen) atoms. The number of carbonyl (C=O) groups excluding carboxylic acids is 5. The summed E-state index contributed by atoms with van der Waals surface area (Å²) in [5.74, 6) is -1.04. The number of hydrogen-bond acceptors (Lipinski definition) is 14. The lowest BCUT2D eigenvalue weighted by Crippen LogP contribution is -2.57. The molecule has 4 fully saturated rings. The van der Waals surface area contributed by atoms with E-state index in [0.29, 0.717) is 63.8 Å². The van der Waals surface area contributed by atoms with E-state index in [1.54, 1.807) is 53.9 Å². The standard InChI is InChI=1S/C60H70N10O7S/c1-35-32-66(26-27-67(35)38-10-12-43-44(29-38)56(75)70(55(43)74)47-13-15-51(72)64-54(47)73)37-16-20-60(21-17-37)22-25-68(49(30-60)59(2,3)4)39-11-14-50(62-31-39)63-46-28-36(33-65(5)57(46)76)40-18-23-61-53(45(40)34-71)69-24-19-42-41-8-6-7-9-48(41)78-52(42)58(69)77/h10-12,14,18,23,28-29,31,33,35,37,47,49,71H,6-9,13,15-17,19-22,24-27,30,32,34H2,1-5H3,(H,62,63)(H,64,72,73)/t35-,37?,47?,49+,60?/m0/s1. The Balaban J connectivity index is 0.683. The second-order valence-electron chi connectivity index (χ2n) is 24.1. The number of aryl methyl sites for hydroxylation is 2. The molecule has 18 heteroatoms. The van der Waals surface area contributed by atoms with Crippen molar-refractivity contribution < 1.29 is 29.1 Å². The van der Waals surface area contributed by atoms with E-state index >= 15 is 0 Å². The van der Waals surface area contributed by atoms with Crippen molar-refractivity contribution in [2.75, 3.05) is 52.7 Å². The lowest BCUT2D eigenvalue weighted by atomic mass is 9.62. The van der Waals surface area contributed by atoms with E-state index in [-0.39, 0.29) is 47.8 Å². The zero-order valence-corrected chi connectivity index (χ0v) is 46.2. The summed E-state index contributed by atoms with van der Waals surface area (Å²) in [7, 11) is 1.71. The number of piperazine rings is 1. The number of fused-ring (bicyclic) bond motifs is 4. The number of aromatic nitrogens is 3. The molecule has 2 aliphatic carbocycles. The maximum atomic E-state index is 14.1. The van der Waals surface area contributed by atoms with Gasteiger partial charge in [-0.1, -0.05) is 20.8 Å². The summed E-state index contributed by atoms with van der Waals surface area (Å²) in [6.07, 6.45) is 17.6. The van der Waals surface area contributed by atoms with E-state index in [1.165, 1.54) is 33.4 Å². The summed E-state index contributed by atoms with van der Waals surface area (Å²) in [5.41, 5.74) is 7.46. The second kappa shape index (κ2) is 20.2. The van der Waals surface area contributed by atoms with Crippen LogP contribution in [0.5, 0.6) is 0 Å². The first-order valence-electron chi connectivity index (χ1n) is 28.1. The van der Waals surface area contributed by atoms with Gasteiger partial charge in [0.1, 0.15) is 23.4 Å². The van der Waals surface area contributed by atoms with E-state index in [4.69, 9.17) is 4.98 Å². The third kappa shape index (κ3) is 9.20. The summed E-state index contributed by atoms with van der Waals surface area (Å²) < 4.78 is 1.53. The normalized spacial score (nSPS) is 24.9. The van der Waals surface area contributed by atoms with Gasteiger partial charge in [-0.2, -0.15) is 0 Å². The molecule has 17 nitrogen and oxygen atoms in total. The van der Waals surface area contributed by atoms with Crippen LogP contribution in [0, 0.1) is 10.8 Å². The fourth-order valence-electron chi connectivity index (χ4n) is 14.2. The van der Waals surface area contributed by atoms with E-state index in [0.717, 1.165) is 105 Å². The summed E-state index contributed by atoms with van der Waals surface area (Å²) in [6.45, 7) is 13.0. The van der Waals surface area contributed by atoms with Crippen molar-refractivity contribution in [3.63, 3.8) is 0 Å². The van der Waals surface area contributed by atoms with Gasteiger partial charge in [-0.3, -0.25) is 48.8 Å². The van der Waals surface area contributed by atoms with Gasteiger partial charge in [0.15, 0.2) is 0 Å². The zero-order valence-electron chi connectivity index (χ0n) is 45.4. The molecule has 1 saturated carbocycles. The van der Waals surface area contributed by atoms with Crippen molar-refractivity contribution in [3.8, 4) is 11.1 Å². The monoisotopic (exact) mass is 1070 g/mol. The molecule has 5 aromatic rings. The van der Waals surface area contributed by atoms with E-state index < -0.39 is 29.7 Å². The largest absolute Gasteiger partial charge is 0.392 e. The van der Waals surface area contributed by atoms with Gasteiger partial charge in [0.05, 0.1) is 34.5 Å². The number of anilines is 5. The van der Waals surface area contributed by atoms with Crippen LogP contribution < -0.4 is 30.9 Å². The highest BCUT2D eigenvalue weighted by molar-refractivity contribution is 7.14. The molecule has 9 heterocycles. The molecule has 3 N–H and O–H groups in total. The minimum Gasteiger partial charge on any atom is -0.392 e. The van der Waals surface area contributed by atoms with Crippen LogP contribution >= 0.6 is 11.3 Å². The molecule has 1 aromatic carbocycles. The van der Waals surface area contributed by atoms with Crippen LogP contribution in [0.2, 0.25) is 0 Å². The number of piperidine rings is 2. The molecule has 1 spiro atoms. The van der Waals surface area contributed by atoms with Crippen LogP contribution in [0.1, 0.15) is 144 Å². The number of thiophene rings is 1. The first kappa shape index (κ1) is 52.0. The SMILES string of the molecule is C[C@H]1CN(C2CCC3(CC2)CCN(c2ccc(Nc4cc(-c5ccnc(N6CCc7c(sc8c7CCCC8)C6=O)c5CO)cn(C)c4=O)nc2)[C@@H](C(C)(C)C)C3)CCN1c1ccc2c(c1)C(=O)N(C1CCC(=O)NC1=O)C2=O. The second-order valence-corrected chi connectivity index (χ2v) is 25.2. The number of nitrogens with one attached hydrogen (secondary N) is 2. The summed E-state index contributed by atoms with van der Waals surface area (Å²) in [4.78, 5) is 101. The Morgan fingerprint density at radius 3 is 2.32 bits per heavy atom. The number of amides is 5. The van der Waals surface area contributed by atoms with Crippen LogP contribution in [0.15, 0.2) is 65.8 Å². The molecule has 3 atom stereocenters. The molecule has 0 radical (unpaired) electrons. The molecule has 0 bridgehead atoms. The van der Waals surface area contributed by atoms with Crippen molar-refractivity contribution in [2.24, 2.45) is 17.9 Å². The smallest absolute Gasteiger partial charge is 0.274 e.